The Morgan fingerprint density at radius 2 is 1.82 bits per heavy atom. The Kier molecular flexibility index (Phi) is 7.32. The van der Waals surface area contributed by atoms with Gasteiger partial charge in [0.15, 0.2) is 11.6 Å². The highest BCUT2D eigenvalue weighted by Gasteiger charge is 2.30. The van der Waals surface area contributed by atoms with E-state index in [1.165, 1.54) is 0 Å². The molecule has 0 saturated carbocycles. The summed E-state index contributed by atoms with van der Waals surface area (Å²) in [7, 11) is 0. The Balaban J connectivity index is 1.83. The van der Waals surface area contributed by atoms with E-state index in [4.69, 9.17) is 26.2 Å². The first-order valence-corrected chi connectivity index (χ1v) is 13.1. The number of ether oxygens (including phenoxy) is 1. The second kappa shape index (κ2) is 11.0. The highest BCUT2D eigenvalue weighted by molar-refractivity contribution is 5.93. The standard InChI is InChI=1S/C32H32FN5O/c1-4-14-38-19-27(21-10-8-7-9-11-21)37-32(38)29(25-15-20(5-2)16-28(30(25)33)39-6-3)26-18-22-17-23(34)12-13-24(22)31(35)36-26/h4,7-13,15-19,29H,1,5-6,14,34H2,2-3H3,(H2,35,36). The van der Waals surface area contributed by atoms with Crippen LogP contribution in [0.2, 0.25) is 0 Å². The van der Waals surface area contributed by atoms with Crippen molar-refractivity contribution in [1.29, 1.82) is 0 Å². The molecule has 0 fully saturated rings. The molecule has 0 spiro atoms. The Hall–Kier alpha value is -4.65. The summed E-state index contributed by atoms with van der Waals surface area (Å²) in [5.74, 6) is 0.0518. The fourth-order valence-corrected chi connectivity index (χ4v) is 4.95. The maximum atomic E-state index is 16.3. The second-order valence-corrected chi connectivity index (χ2v) is 9.42. The van der Waals surface area contributed by atoms with Gasteiger partial charge in [0, 0.05) is 34.9 Å². The summed E-state index contributed by atoms with van der Waals surface area (Å²) in [6, 6.07) is 20.9. The SMILES string of the molecule is C=CCn1cc(-c2ccccc2)nc1C(c1cc2cc(N)ccc2c(N)n1)c1cc(CC)cc(OCC)c1F. The van der Waals surface area contributed by atoms with E-state index in [0.717, 1.165) is 27.6 Å². The van der Waals surface area contributed by atoms with Crippen LogP contribution in [0.25, 0.3) is 22.0 Å². The van der Waals surface area contributed by atoms with Crippen molar-refractivity contribution in [3.05, 3.63) is 114 Å². The fraction of sp³-hybridized carbons (Fsp3) is 0.188. The van der Waals surface area contributed by atoms with Crippen LogP contribution in [0.15, 0.2) is 85.6 Å². The number of aryl methyl sites for hydroxylation is 1. The van der Waals surface area contributed by atoms with Gasteiger partial charge in [-0.2, -0.15) is 0 Å². The average molecular weight is 522 g/mol. The number of imidazole rings is 1. The van der Waals surface area contributed by atoms with Crippen molar-refractivity contribution in [2.24, 2.45) is 0 Å². The number of fused-ring (bicyclic) bond motifs is 1. The first-order valence-electron chi connectivity index (χ1n) is 13.1. The number of allylic oxidation sites excluding steroid dienone is 1. The van der Waals surface area contributed by atoms with E-state index in [0.29, 0.717) is 48.2 Å². The highest BCUT2D eigenvalue weighted by Crippen LogP contribution is 2.39. The molecule has 1 atom stereocenters. The minimum Gasteiger partial charge on any atom is -0.491 e. The van der Waals surface area contributed by atoms with E-state index in [1.54, 1.807) is 18.2 Å². The van der Waals surface area contributed by atoms with E-state index >= 15 is 4.39 Å². The molecule has 0 aliphatic rings. The van der Waals surface area contributed by atoms with Crippen molar-refractivity contribution in [2.75, 3.05) is 18.1 Å². The van der Waals surface area contributed by atoms with Gasteiger partial charge in [-0.3, -0.25) is 0 Å². The molecule has 0 aliphatic heterocycles. The predicted octanol–water partition coefficient (Wildman–Crippen LogP) is 6.73. The van der Waals surface area contributed by atoms with Gasteiger partial charge in [0.1, 0.15) is 11.6 Å². The van der Waals surface area contributed by atoms with Crippen molar-refractivity contribution in [3.8, 4) is 17.0 Å². The molecule has 1 unspecified atom stereocenters. The Morgan fingerprint density at radius 1 is 1.03 bits per heavy atom. The van der Waals surface area contributed by atoms with Crippen LogP contribution < -0.4 is 16.2 Å². The van der Waals surface area contributed by atoms with Gasteiger partial charge in [0.2, 0.25) is 0 Å². The summed E-state index contributed by atoms with van der Waals surface area (Å²) in [6.07, 6.45) is 4.47. The number of hydrogen-bond acceptors (Lipinski definition) is 5. The first-order chi connectivity index (χ1) is 18.9. The van der Waals surface area contributed by atoms with Crippen LogP contribution in [-0.2, 0) is 13.0 Å². The van der Waals surface area contributed by atoms with Crippen molar-refractivity contribution in [2.45, 2.75) is 32.7 Å². The van der Waals surface area contributed by atoms with E-state index in [1.807, 2.05) is 79.2 Å². The van der Waals surface area contributed by atoms with Gasteiger partial charge >= 0.3 is 0 Å². The van der Waals surface area contributed by atoms with Crippen LogP contribution in [0.5, 0.6) is 5.75 Å². The van der Waals surface area contributed by atoms with Gasteiger partial charge in [0.25, 0.3) is 0 Å². The third-order valence-electron chi connectivity index (χ3n) is 6.81. The molecular weight excluding hydrogens is 489 g/mol. The average Bonchev–Trinajstić information content (AvgIpc) is 3.34. The molecule has 3 aromatic carbocycles. The van der Waals surface area contributed by atoms with Crippen molar-refractivity contribution in [1.82, 2.24) is 14.5 Å². The van der Waals surface area contributed by atoms with Gasteiger partial charge in [0.05, 0.1) is 23.9 Å². The zero-order chi connectivity index (χ0) is 27.5. The molecule has 2 heterocycles. The molecule has 39 heavy (non-hydrogen) atoms. The largest absolute Gasteiger partial charge is 0.491 e. The Labute approximate surface area is 227 Å². The molecule has 0 amide bonds. The van der Waals surface area contributed by atoms with E-state index in [-0.39, 0.29) is 5.75 Å². The summed E-state index contributed by atoms with van der Waals surface area (Å²) < 4.78 is 24.0. The van der Waals surface area contributed by atoms with Crippen LogP contribution in [0.1, 0.15) is 42.4 Å². The van der Waals surface area contributed by atoms with Crippen LogP contribution in [0, 0.1) is 5.82 Å². The lowest BCUT2D eigenvalue weighted by Gasteiger charge is -2.22. The molecule has 0 bridgehead atoms. The summed E-state index contributed by atoms with van der Waals surface area (Å²) in [6.45, 7) is 8.64. The van der Waals surface area contributed by atoms with E-state index < -0.39 is 11.7 Å². The van der Waals surface area contributed by atoms with E-state index in [9.17, 15) is 0 Å². The van der Waals surface area contributed by atoms with Gasteiger partial charge in [-0.25, -0.2) is 14.4 Å². The number of hydrogen-bond donors (Lipinski definition) is 2. The third-order valence-corrected chi connectivity index (χ3v) is 6.81. The number of rotatable bonds is 9. The van der Waals surface area contributed by atoms with Crippen molar-refractivity contribution < 1.29 is 9.13 Å². The van der Waals surface area contributed by atoms with E-state index in [2.05, 4.69) is 6.58 Å². The second-order valence-electron chi connectivity index (χ2n) is 9.42. The monoisotopic (exact) mass is 521 g/mol. The van der Waals surface area contributed by atoms with Gasteiger partial charge in [-0.1, -0.05) is 49.4 Å². The first kappa shape index (κ1) is 26.0. The molecule has 5 rings (SSSR count). The normalized spacial score (nSPS) is 12.0. The smallest absolute Gasteiger partial charge is 0.169 e. The summed E-state index contributed by atoms with van der Waals surface area (Å²) >= 11 is 0. The van der Waals surface area contributed by atoms with Gasteiger partial charge in [-0.15, -0.1) is 6.58 Å². The highest BCUT2D eigenvalue weighted by atomic mass is 19.1. The number of nitrogens with zero attached hydrogens (tertiary/aromatic N) is 3. The molecule has 4 N–H and O–H groups in total. The molecule has 0 radical (unpaired) electrons. The Morgan fingerprint density at radius 3 is 2.54 bits per heavy atom. The molecule has 2 aromatic heterocycles. The van der Waals surface area contributed by atoms with Gasteiger partial charge in [-0.05, 0) is 54.6 Å². The minimum atomic E-state index is -0.679. The molecule has 7 heteroatoms. The van der Waals surface area contributed by atoms with Gasteiger partial charge < -0.3 is 20.8 Å². The van der Waals surface area contributed by atoms with Crippen molar-refractivity contribution >= 4 is 22.3 Å². The quantitative estimate of drug-likeness (QED) is 0.166. The number of pyridine rings is 1. The molecular formula is C32H32FN5O. The van der Waals surface area contributed by atoms with Crippen molar-refractivity contribution in [3.63, 3.8) is 0 Å². The van der Waals surface area contributed by atoms with Crippen LogP contribution in [0.3, 0.4) is 0 Å². The Bertz CT molecular complexity index is 1640. The summed E-state index contributed by atoms with van der Waals surface area (Å²) in [5.41, 5.74) is 16.8. The molecule has 0 saturated heterocycles. The molecule has 6 nitrogen and oxygen atoms in total. The van der Waals surface area contributed by atoms with Crippen LogP contribution >= 0.6 is 0 Å². The number of nitrogen functional groups attached to an aromatic ring is 2. The maximum Gasteiger partial charge on any atom is 0.169 e. The lowest BCUT2D eigenvalue weighted by atomic mass is 9.90. The molecule has 198 valence electrons. The number of benzene rings is 3. The van der Waals surface area contributed by atoms with Crippen LogP contribution in [-0.4, -0.2) is 21.1 Å². The maximum absolute atomic E-state index is 16.3. The van der Waals surface area contributed by atoms with Crippen LogP contribution in [0.4, 0.5) is 15.9 Å². The lowest BCUT2D eigenvalue weighted by molar-refractivity contribution is 0.319. The fourth-order valence-electron chi connectivity index (χ4n) is 4.95. The zero-order valence-electron chi connectivity index (χ0n) is 22.2. The molecule has 5 aromatic rings. The predicted molar refractivity (Wildman–Crippen MR) is 156 cm³/mol. The number of anilines is 2. The summed E-state index contributed by atoms with van der Waals surface area (Å²) in [4.78, 5) is 9.84. The minimum absolute atomic E-state index is 0.208. The lowest BCUT2D eigenvalue weighted by Crippen LogP contribution is -2.16. The topological polar surface area (TPSA) is 92.0 Å². The summed E-state index contributed by atoms with van der Waals surface area (Å²) in [5, 5.41) is 1.61. The zero-order valence-corrected chi connectivity index (χ0v) is 22.2. The number of aromatic nitrogens is 3. The third kappa shape index (κ3) is 5.08. The number of halogens is 1. The molecule has 0 aliphatic carbocycles. The number of nitrogens with two attached hydrogens (primary N) is 2.